The second-order valence-corrected chi connectivity index (χ2v) is 6.95. The van der Waals surface area contributed by atoms with Crippen molar-refractivity contribution in [2.45, 2.75) is 18.5 Å². The van der Waals surface area contributed by atoms with Gasteiger partial charge in [-0.1, -0.05) is 66.2 Å². The van der Waals surface area contributed by atoms with Gasteiger partial charge in [0.15, 0.2) is 0 Å². The number of imidazole rings is 1. The van der Waals surface area contributed by atoms with Crippen molar-refractivity contribution in [3.63, 3.8) is 0 Å². The lowest BCUT2D eigenvalue weighted by Crippen LogP contribution is -2.24. The van der Waals surface area contributed by atoms with Gasteiger partial charge in [-0.2, -0.15) is 0 Å². The van der Waals surface area contributed by atoms with Crippen LogP contribution in [0.25, 0.3) is 10.8 Å². The van der Waals surface area contributed by atoms with Gasteiger partial charge in [-0.25, -0.2) is 4.98 Å². The molecule has 0 radical (unpaired) electrons. The summed E-state index contributed by atoms with van der Waals surface area (Å²) < 4.78 is 2.07. The summed E-state index contributed by atoms with van der Waals surface area (Å²) in [5.41, 5.74) is 9.15. The van der Waals surface area contributed by atoms with Crippen LogP contribution in [-0.2, 0) is 6.54 Å². The maximum atomic E-state index is 6.83. The minimum absolute atomic E-state index is 0.104. The summed E-state index contributed by atoms with van der Waals surface area (Å²) in [6.45, 7) is 0.756. The zero-order chi connectivity index (χ0) is 17.9. The number of rotatable bonds is 5. The van der Waals surface area contributed by atoms with Crippen LogP contribution in [0.4, 0.5) is 0 Å². The van der Waals surface area contributed by atoms with Gasteiger partial charge in [-0.05, 0) is 34.0 Å². The Morgan fingerprint density at radius 1 is 0.962 bits per heavy atom. The maximum absolute atomic E-state index is 6.83. The summed E-state index contributed by atoms with van der Waals surface area (Å²) >= 11 is 6.09. The highest BCUT2D eigenvalue weighted by Gasteiger charge is 2.23. The van der Waals surface area contributed by atoms with Gasteiger partial charge in [0.25, 0.3) is 0 Å². The van der Waals surface area contributed by atoms with Crippen molar-refractivity contribution >= 4 is 22.4 Å². The van der Waals surface area contributed by atoms with Crippen molar-refractivity contribution in [3.05, 3.63) is 102 Å². The van der Waals surface area contributed by atoms with Crippen molar-refractivity contribution in [1.82, 2.24) is 9.55 Å². The number of halogens is 1. The van der Waals surface area contributed by atoms with Gasteiger partial charge in [0, 0.05) is 35.9 Å². The molecule has 4 aromatic rings. The third-order valence-corrected chi connectivity index (χ3v) is 5.13. The average molecular weight is 362 g/mol. The van der Waals surface area contributed by atoms with Crippen LogP contribution < -0.4 is 5.73 Å². The summed E-state index contributed by atoms with van der Waals surface area (Å²) in [5, 5.41) is 3.14. The van der Waals surface area contributed by atoms with E-state index < -0.39 is 0 Å². The molecule has 3 aromatic carbocycles. The standard InChI is InChI=1S/C22H20ClN3/c23-18-10-8-17(9-11-18)21(14-26-13-12-25-15-26)22(24)20-7-3-5-16-4-1-2-6-19(16)20/h1-13,15,21-22H,14,24H2. The molecule has 2 atom stereocenters. The number of hydrogen-bond donors (Lipinski definition) is 1. The largest absolute Gasteiger partial charge is 0.337 e. The molecule has 0 aliphatic heterocycles. The van der Waals surface area contributed by atoms with Gasteiger partial charge in [0.05, 0.1) is 6.33 Å². The second kappa shape index (κ2) is 7.32. The van der Waals surface area contributed by atoms with Crippen molar-refractivity contribution < 1.29 is 0 Å². The predicted octanol–water partition coefficient (Wildman–Crippen LogP) is 5.17. The topological polar surface area (TPSA) is 43.8 Å². The van der Waals surface area contributed by atoms with Crippen LogP contribution in [0.1, 0.15) is 23.1 Å². The van der Waals surface area contributed by atoms with E-state index in [1.807, 2.05) is 24.7 Å². The van der Waals surface area contributed by atoms with E-state index in [0.717, 1.165) is 17.1 Å². The fraction of sp³-hybridized carbons (Fsp3) is 0.136. The van der Waals surface area contributed by atoms with Crippen molar-refractivity contribution in [2.75, 3.05) is 0 Å². The maximum Gasteiger partial charge on any atom is 0.0946 e. The summed E-state index contributed by atoms with van der Waals surface area (Å²) in [5.74, 6) is 0.104. The smallest absolute Gasteiger partial charge is 0.0946 e. The fourth-order valence-corrected chi connectivity index (χ4v) is 3.64. The van der Waals surface area contributed by atoms with E-state index in [0.29, 0.717) is 0 Å². The van der Waals surface area contributed by atoms with Gasteiger partial charge in [-0.3, -0.25) is 0 Å². The van der Waals surface area contributed by atoms with Crippen LogP contribution in [0.15, 0.2) is 85.5 Å². The van der Waals surface area contributed by atoms with E-state index in [1.54, 1.807) is 6.20 Å². The summed E-state index contributed by atoms with van der Waals surface area (Å²) in [7, 11) is 0. The van der Waals surface area contributed by atoms with E-state index in [9.17, 15) is 0 Å². The van der Waals surface area contributed by atoms with Crippen LogP contribution >= 0.6 is 11.6 Å². The lowest BCUT2D eigenvalue weighted by Gasteiger charge is -2.26. The molecule has 26 heavy (non-hydrogen) atoms. The molecule has 0 fully saturated rings. The highest BCUT2D eigenvalue weighted by Crippen LogP contribution is 2.34. The molecule has 0 saturated heterocycles. The Morgan fingerprint density at radius 3 is 2.50 bits per heavy atom. The molecule has 4 rings (SSSR count). The Kier molecular flexibility index (Phi) is 4.74. The lowest BCUT2D eigenvalue weighted by molar-refractivity contribution is 0.479. The zero-order valence-electron chi connectivity index (χ0n) is 14.3. The van der Waals surface area contributed by atoms with Crippen molar-refractivity contribution in [3.8, 4) is 0 Å². The predicted molar refractivity (Wildman–Crippen MR) is 107 cm³/mol. The van der Waals surface area contributed by atoms with Crippen LogP contribution in [0.2, 0.25) is 5.02 Å². The SMILES string of the molecule is NC(c1cccc2ccccc12)C(Cn1ccnc1)c1ccc(Cl)cc1. The first-order valence-corrected chi connectivity index (χ1v) is 9.04. The van der Waals surface area contributed by atoms with Crippen LogP contribution in [0.5, 0.6) is 0 Å². The van der Waals surface area contributed by atoms with Crippen molar-refractivity contribution in [1.29, 1.82) is 0 Å². The summed E-state index contributed by atoms with van der Waals surface area (Å²) in [6, 6.07) is 22.5. The molecular formula is C22H20ClN3. The molecular weight excluding hydrogens is 342 g/mol. The highest BCUT2D eigenvalue weighted by molar-refractivity contribution is 6.30. The first-order valence-electron chi connectivity index (χ1n) is 8.67. The molecule has 4 heteroatoms. The molecule has 0 amide bonds. The van der Waals surface area contributed by atoms with E-state index in [2.05, 4.69) is 64.1 Å². The molecule has 0 saturated carbocycles. The molecule has 1 heterocycles. The minimum atomic E-state index is -0.148. The Balaban J connectivity index is 1.78. The normalized spacial score (nSPS) is 13.6. The monoisotopic (exact) mass is 361 g/mol. The molecule has 2 unspecified atom stereocenters. The number of fused-ring (bicyclic) bond motifs is 1. The lowest BCUT2D eigenvalue weighted by atomic mass is 9.85. The van der Waals surface area contributed by atoms with Gasteiger partial charge in [0.2, 0.25) is 0 Å². The van der Waals surface area contributed by atoms with Crippen LogP contribution in [0, 0.1) is 0 Å². The van der Waals surface area contributed by atoms with E-state index in [4.69, 9.17) is 17.3 Å². The fourth-order valence-electron chi connectivity index (χ4n) is 3.52. The molecule has 0 aliphatic rings. The van der Waals surface area contributed by atoms with E-state index in [-0.39, 0.29) is 12.0 Å². The van der Waals surface area contributed by atoms with Gasteiger partial charge < -0.3 is 10.3 Å². The van der Waals surface area contributed by atoms with Gasteiger partial charge in [-0.15, -0.1) is 0 Å². The van der Waals surface area contributed by atoms with Gasteiger partial charge >= 0.3 is 0 Å². The Hall–Kier alpha value is -2.62. The molecule has 0 bridgehead atoms. The van der Waals surface area contributed by atoms with Crippen LogP contribution in [-0.4, -0.2) is 9.55 Å². The number of aromatic nitrogens is 2. The third kappa shape index (κ3) is 3.36. The number of hydrogen-bond acceptors (Lipinski definition) is 2. The minimum Gasteiger partial charge on any atom is -0.337 e. The number of nitrogens with zero attached hydrogens (tertiary/aromatic N) is 2. The summed E-state index contributed by atoms with van der Waals surface area (Å²) in [4.78, 5) is 4.17. The van der Waals surface area contributed by atoms with E-state index >= 15 is 0 Å². The summed E-state index contributed by atoms with van der Waals surface area (Å²) in [6.07, 6.45) is 5.60. The average Bonchev–Trinajstić information content (AvgIpc) is 3.19. The Labute approximate surface area is 158 Å². The molecule has 2 N–H and O–H groups in total. The second-order valence-electron chi connectivity index (χ2n) is 6.51. The van der Waals surface area contributed by atoms with Crippen LogP contribution in [0.3, 0.4) is 0 Å². The zero-order valence-corrected chi connectivity index (χ0v) is 15.1. The molecule has 0 spiro atoms. The first-order chi connectivity index (χ1) is 12.7. The molecule has 0 aliphatic carbocycles. The quantitative estimate of drug-likeness (QED) is 0.532. The highest BCUT2D eigenvalue weighted by atomic mass is 35.5. The molecule has 1 aromatic heterocycles. The van der Waals surface area contributed by atoms with Gasteiger partial charge in [0.1, 0.15) is 0 Å². The first kappa shape index (κ1) is 16.8. The number of nitrogens with two attached hydrogens (primary N) is 1. The molecule has 130 valence electrons. The third-order valence-electron chi connectivity index (χ3n) is 4.88. The molecule has 3 nitrogen and oxygen atoms in total. The Bertz CT molecular complexity index is 988. The van der Waals surface area contributed by atoms with E-state index in [1.165, 1.54) is 16.3 Å². The number of benzene rings is 3. The Morgan fingerprint density at radius 2 is 1.73 bits per heavy atom. The van der Waals surface area contributed by atoms with Crippen molar-refractivity contribution in [2.24, 2.45) is 5.73 Å².